The molecule has 0 saturated carbocycles. The Labute approximate surface area is 305 Å². The number of rotatable bonds is 39. The Kier molecular flexibility index (Phi) is 39.4. The van der Waals surface area contributed by atoms with Gasteiger partial charge in [-0.15, -0.1) is 0 Å². The molecule has 0 rings (SSSR count). The van der Waals surface area contributed by atoms with Gasteiger partial charge in [0.1, 0.15) is 0 Å². The van der Waals surface area contributed by atoms with Crippen LogP contribution in [0.25, 0.3) is 0 Å². The van der Waals surface area contributed by atoms with Crippen LogP contribution >= 0.6 is 0 Å². The van der Waals surface area contributed by atoms with Crippen LogP contribution in [0, 0.1) is 0 Å². The molecule has 0 aromatic carbocycles. The number of hydrogen-bond acceptors (Lipinski definition) is 4. The molecule has 6 nitrogen and oxygen atoms in total. The standard InChI is InChI=1S/C43H83N3O3/c1-3-5-7-9-11-13-15-17-19-21-23-25-27-29-31-34-42(48)44-36-39-46(38-33-41-47)40-37-45-43(49)35-32-30-28-26-24-22-20-18-16-14-12-10-8-6-4-2/h17-20,47H,3-16,21-41H2,1-2H3,(H,44,48)(H,45,49)/b19-17+,20-18+. The molecule has 0 aliphatic rings. The van der Waals surface area contributed by atoms with Gasteiger partial charge in [-0.2, -0.15) is 0 Å². The number of nitrogens with zero attached hydrogens (tertiary/aromatic N) is 1. The number of amides is 2. The third-order valence-electron chi connectivity index (χ3n) is 9.46. The van der Waals surface area contributed by atoms with E-state index in [1.807, 2.05) is 0 Å². The lowest BCUT2D eigenvalue weighted by molar-refractivity contribution is -0.121. The largest absolute Gasteiger partial charge is 0.396 e. The van der Waals surface area contributed by atoms with Gasteiger partial charge in [0.25, 0.3) is 0 Å². The van der Waals surface area contributed by atoms with Crippen LogP contribution in [0.5, 0.6) is 0 Å². The smallest absolute Gasteiger partial charge is 0.220 e. The maximum atomic E-state index is 12.3. The van der Waals surface area contributed by atoms with Gasteiger partial charge in [0.05, 0.1) is 0 Å². The average Bonchev–Trinajstić information content (AvgIpc) is 3.10. The maximum absolute atomic E-state index is 12.3. The molecule has 0 saturated heterocycles. The van der Waals surface area contributed by atoms with Crippen LogP contribution in [0.4, 0.5) is 0 Å². The molecule has 0 radical (unpaired) electrons. The van der Waals surface area contributed by atoms with Crippen molar-refractivity contribution in [3.8, 4) is 0 Å². The average molecular weight is 690 g/mol. The molecule has 0 atom stereocenters. The van der Waals surface area contributed by atoms with Crippen molar-refractivity contribution in [3.63, 3.8) is 0 Å². The molecule has 0 aliphatic carbocycles. The highest BCUT2D eigenvalue weighted by Gasteiger charge is 2.08. The second-order valence-corrected chi connectivity index (χ2v) is 14.3. The first-order valence-corrected chi connectivity index (χ1v) is 21.3. The van der Waals surface area contributed by atoms with E-state index in [2.05, 4.69) is 53.7 Å². The fourth-order valence-electron chi connectivity index (χ4n) is 6.23. The minimum Gasteiger partial charge on any atom is -0.396 e. The lowest BCUT2D eigenvalue weighted by atomic mass is 10.1. The third-order valence-corrected chi connectivity index (χ3v) is 9.46. The zero-order valence-corrected chi connectivity index (χ0v) is 32.8. The second-order valence-electron chi connectivity index (χ2n) is 14.3. The number of carbonyl (C=O) groups excluding carboxylic acids is 2. The predicted molar refractivity (Wildman–Crippen MR) is 213 cm³/mol. The van der Waals surface area contributed by atoms with Crippen LogP contribution in [-0.2, 0) is 9.59 Å². The van der Waals surface area contributed by atoms with Crippen LogP contribution in [-0.4, -0.2) is 61.2 Å². The van der Waals surface area contributed by atoms with E-state index in [1.54, 1.807) is 0 Å². The minimum absolute atomic E-state index is 0.132. The van der Waals surface area contributed by atoms with Crippen molar-refractivity contribution in [2.45, 2.75) is 200 Å². The van der Waals surface area contributed by atoms with E-state index in [1.165, 1.54) is 141 Å². The molecule has 0 aliphatic heterocycles. The normalized spacial score (nSPS) is 11.8. The Morgan fingerprint density at radius 3 is 1.12 bits per heavy atom. The lowest BCUT2D eigenvalue weighted by Gasteiger charge is -2.22. The van der Waals surface area contributed by atoms with Crippen LogP contribution in [0.2, 0.25) is 0 Å². The highest BCUT2D eigenvalue weighted by Crippen LogP contribution is 2.11. The Morgan fingerprint density at radius 1 is 0.449 bits per heavy atom. The summed E-state index contributed by atoms with van der Waals surface area (Å²) in [6.07, 6.45) is 44.1. The van der Waals surface area contributed by atoms with Gasteiger partial charge in [-0.3, -0.25) is 14.5 Å². The van der Waals surface area contributed by atoms with Crippen molar-refractivity contribution < 1.29 is 14.7 Å². The molecule has 0 unspecified atom stereocenters. The second kappa shape index (κ2) is 40.8. The zero-order chi connectivity index (χ0) is 35.7. The fraction of sp³-hybridized carbons (Fsp3) is 0.860. The van der Waals surface area contributed by atoms with E-state index in [4.69, 9.17) is 0 Å². The number of aliphatic hydroxyl groups is 1. The van der Waals surface area contributed by atoms with E-state index >= 15 is 0 Å². The number of carbonyl (C=O) groups is 2. The summed E-state index contributed by atoms with van der Waals surface area (Å²) in [5.74, 6) is 0.265. The molecule has 0 aromatic rings. The molecule has 0 aromatic heterocycles. The Hall–Kier alpha value is -1.66. The number of hydrogen-bond donors (Lipinski definition) is 3. The molecular weight excluding hydrogens is 606 g/mol. The van der Waals surface area contributed by atoms with Crippen molar-refractivity contribution in [3.05, 3.63) is 24.3 Å². The Balaban J connectivity index is 3.72. The molecule has 0 fully saturated rings. The molecule has 49 heavy (non-hydrogen) atoms. The predicted octanol–water partition coefficient (Wildman–Crippen LogP) is 11.0. The van der Waals surface area contributed by atoms with Gasteiger partial charge in [-0.25, -0.2) is 0 Å². The van der Waals surface area contributed by atoms with Gasteiger partial charge in [-0.1, -0.05) is 141 Å². The molecular formula is C43H83N3O3. The zero-order valence-electron chi connectivity index (χ0n) is 32.8. The summed E-state index contributed by atoms with van der Waals surface area (Å²) in [7, 11) is 0. The first kappa shape index (κ1) is 47.3. The third kappa shape index (κ3) is 39.0. The topological polar surface area (TPSA) is 81.7 Å². The van der Waals surface area contributed by atoms with Gasteiger partial charge in [0.15, 0.2) is 0 Å². The Bertz CT molecular complexity index is 697. The number of allylic oxidation sites excluding steroid dienone is 4. The molecule has 2 amide bonds. The highest BCUT2D eigenvalue weighted by atomic mass is 16.3. The van der Waals surface area contributed by atoms with E-state index in [0.29, 0.717) is 32.4 Å². The van der Waals surface area contributed by atoms with Crippen LogP contribution in [0.1, 0.15) is 200 Å². The van der Waals surface area contributed by atoms with Crippen molar-refractivity contribution in [2.24, 2.45) is 0 Å². The molecule has 0 heterocycles. The van der Waals surface area contributed by atoms with Gasteiger partial charge in [0, 0.05) is 52.2 Å². The highest BCUT2D eigenvalue weighted by molar-refractivity contribution is 5.76. The monoisotopic (exact) mass is 690 g/mol. The summed E-state index contributed by atoms with van der Waals surface area (Å²) < 4.78 is 0. The maximum Gasteiger partial charge on any atom is 0.220 e. The van der Waals surface area contributed by atoms with Crippen molar-refractivity contribution in [2.75, 3.05) is 39.3 Å². The van der Waals surface area contributed by atoms with Crippen molar-refractivity contribution in [1.82, 2.24) is 15.5 Å². The van der Waals surface area contributed by atoms with E-state index in [0.717, 1.165) is 45.3 Å². The van der Waals surface area contributed by atoms with Gasteiger partial charge in [-0.05, 0) is 70.6 Å². The molecule has 0 spiro atoms. The van der Waals surface area contributed by atoms with Crippen LogP contribution < -0.4 is 10.6 Å². The molecule has 0 bridgehead atoms. The molecule has 288 valence electrons. The molecule has 6 heteroatoms. The summed E-state index contributed by atoms with van der Waals surface area (Å²) in [4.78, 5) is 26.9. The van der Waals surface area contributed by atoms with Crippen LogP contribution in [0.3, 0.4) is 0 Å². The van der Waals surface area contributed by atoms with E-state index in [-0.39, 0.29) is 18.4 Å². The lowest BCUT2D eigenvalue weighted by Crippen LogP contribution is -2.40. The first-order valence-electron chi connectivity index (χ1n) is 21.3. The summed E-state index contributed by atoms with van der Waals surface area (Å²) in [5.41, 5.74) is 0. The summed E-state index contributed by atoms with van der Waals surface area (Å²) >= 11 is 0. The SMILES string of the molecule is CCCCCCCC/C=C/CCCCCCCC(=O)NCCN(CCCO)CCNC(=O)CCCCCCC/C=C/CCCCCCCC. The van der Waals surface area contributed by atoms with Crippen LogP contribution in [0.15, 0.2) is 24.3 Å². The van der Waals surface area contributed by atoms with Crippen molar-refractivity contribution >= 4 is 11.8 Å². The minimum atomic E-state index is 0.132. The number of unbranched alkanes of at least 4 members (excludes halogenated alkanes) is 22. The number of nitrogens with one attached hydrogen (secondary N) is 2. The molecule has 3 N–H and O–H groups in total. The fourth-order valence-corrected chi connectivity index (χ4v) is 6.23. The number of aliphatic hydroxyl groups excluding tert-OH is 1. The van der Waals surface area contributed by atoms with Gasteiger partial charge in [0.2, 0.25) is 11.8 Å². The van der Waals surface area contributed by atoms with Gasteiger partial charge >= 0.3 is 0 Å². The van der Waals surface area contributed by atoms with E-state index < -0.39 is 0 Å². The summed E-state index contributed by atoms with van der Waals surface area (Å²) in [6, 6.07) is 0. The summed E-state index contributed by atoms with van der Waals surface area (Å²) in [6.45, 7) is 8.15. The quantitative estimate of drug-likeness (QED) is 0.0443. The Morgan fingerprint density at radius 2 is 0.776 bits per heavy atom. The van der Waals surface area contributed by atoms with Crippen molar-refractivity contribution in [1.29, 1.82) is 0 Å². The first-order chi connectivity index (χ1) is 24.1. The summed E-state index contributed by atoms with van der Waals surface area (Å²) in [5, 5.41) is 15.4. The van der Waals surface area contributed by atoms with Gasteiger partial charge < -0.3 is 15.7 Å². The van der Waals surface area contributed by atoms with E-state index in [9.17, 15) is 14.7 Å².